The van der Waals surface area contributed by atoms with E-state index >= 15 is 0 Å². The maximum absolute atomic E-state index is 8.55. The fourth-order valence-electron chi connectivity index (χ4n) is 1.08. The zero-order chi connectivity index (χ0) is 12.2. The number of rotatable bonds is 11. The quantitative estimate of drug-likeness (QED) is 0.528. The third-order valence-corrected chi connectivity index (χ3v) is 1.89. The van der Waals surface area contributed by atoms with Crippen molar-refractivity contribution in [2.45, 2.75) is 26.1 Å². The predicted octanol–water partition coefficient (Wildman–Crippen LogP) is 0.452. The van der Waals surface area contributed by atoms with Gasteiger partial charge in [0.25, 0.3) is 0 Å². The summed E-state index contributed by atoms with van der Waals surface area (Å²) in [4.78, 5) is 0. The van der Waals surface area contributed by atoms with Gasteiger partial charge in [-0.25, -0.2) is 0 Å². The fraction of sp³-hybridized carbons (Fsp3) is 1.00. The fourth-order valence-corrected chi connectivity index (χ4v) is 1.08. The average Bonchev–Trinajstić information content (AvgIpc) is 2.26. The molecule has 0 saturated heterocycles. The molecule has 98 valence electrons. The van der Waals surface area contributed by atoms with Crippen LogP contribution in [0.25, 0.3) is 0 Å². The number of hydrogen-bond acceptors (Lipinski definition) is 5. The van der Waals surface area contributed by atoms with Gasteiger partial charge in [0.2, 0.25) is 0 Å². The summed E-state index contributed by atoms with van der Waals surface area (Å²) < 4.78 is 20.9. The molecular weight excluding hydrogens is 212 g/mol. The lowest BCUT2D eigenvalue weighted by molar-refractivity contribution is -0.0574. The highest BCUT2D eigenvalue weighted by molar-refractivity contribution is 4.51. The van der Waals surface area contributed by atoms with Gasteiger partial charge in [-0.05, 0) is 13.8 Å². The van der Waals surface area contributed by atoms with Crippen molar-refractivity contribution in [1.82, 2.24) is 0 Å². The number of methoxy groups -OCH3 is 1. The van der Waals surface area contributed by atoms with Crippen molar-refractivity contribution >= 4 is 0 Å². The van der Waals surface area contributed by atoms with Crippen LogP contribution in [-0.2, 0) is 18.9 Å². The first-order valence-corrected chi connectivity index (χ1v) is 5.61. The van der Waals surface area contributed by atoms with Crippen molar-refractivity contribution in [3.8, 4) is 0 Å². The van der Waals surface area contributed by atoms with Crippen LogP contribution < -0.4 is 0 Å². The summed E-state index contributed by atoms with van der Waals surface area (Å²) >= 11 is 0. The lowest BCUT2D eigenvalue weighted by atomic mass is 10.4. The van der Waals surface area contributed by atoms with Crippen molar-refractivity contribution in [3.63, 3.8) is 0 Å². The Morgan fingerprint density at radius 1 is 0.938 bits per heavy atom. The van der Waals surface area contributed by atoms with E-state index in [2.05, 4.69) is 0 Å². The van der Waals surface area contributed by atoms with Crippen LogP contribution in [0.5, 0.6) is 0 Å². The Balaban J connectivity index is 3.28. The molecule has 0 heterocycles. The SMILES string of the molecule is COCCOC(C)COCC(C)OCCO. The minimum atomic E-state index is -0.00155. The highest BCUT2D eigenvalue weighted by atomic mass is 16.6. The summed E-state index contributed by atoms with van der Waals surface area (Å²) in [6, 6.07) is 0. The van der Waals surface area contributed by atoms with Crippen LogP contribution in [0.2, 0.25) is 0 Å². The van der Waals surface area contributed by atoms with Gasteiger partial charge < -0.3 is 24.1 Å². The van der Waals surface area contributed by atoms with Crippen LogP contribution in [0.3, 0.4) is 0 Å². The van der Waals surface area contributed by atoms with E-state index in [1.54, 1.807) is 7.11 Å². The molecule has 5 nitrogen and oxygen atoms in total. The van der Waals surface area contributed by atoms with Crippen molar-refractivity contribution in [1.29, 1.82) is 0 Å². The molecule has 0 aromatic rings. The predicted molar refractivity (Wildman–Crippen MR) is 60.6 cm³/mol. The van der Waals surface area contributed by atoms with Gasteiger partial charge in [0.15, 0.2) is 0 Å². The second-order valence-electron chi connectivity index (χ2n) is 3.62. The molecule has 0 rings (SSSR count). The van der Waals surface area contributed by atoms with Crippen molar-refractivity contribution in [2.24, 2.45) is 0 Å². The van der Waals surface area contributed by atoms with E-state index in [-0.39, 0.29) is 18.8 Å². The van der Waals surface area contributed by atoms with Crippen LogP contribution in [-0.4, -0.2) is 64.1 Å². The van der Waals surface area contributed by atoms with Gasteiger partial charge in [-0.3, -0.25) is 0 Å². The molecule has 0 radical (unpaired) electrons. The molecule has 2 unspecified atom stereocenters. The van der Waals surface area contributed by atoms with Crippen molar-refractivity contribution in [2.75, 3.05) is 46.8 Å². The van der Waals surface area contributed by atoms with Gasteiger partial charge in [-0.1, -0.05) is 0 Å². The molecular formula is C11H24O5. The van der Waals surface area contributed by atoms with Crippen LogP contribution in [0.1, 0.15) is 13.8 Å². The number of aliphatic hydroxyl groups is 1. The smallest absolute Gasteiger partial charge is 0.0781 e. The van der Waals surface area contributed by atoms with Crippen LogP contribution in [0.15, 0.2) is 0 Å². The first-order chi connectivity index (χ1) is 7.70. The maximum atomic E-state index is 8.55. The highest BCUT2D eigenvalue weighted by Crippen LogP contribution is 1.96. The Morgan fingerprint density at radius 3 is 2.00 bits per heavy atom. The molecule has 0 spiro atoms. The average molecular weight is 236 g/mol. The highest BCUT2D eigenvalue weighted by Gasteiger charge is 2.05. The van der Waals surface area contributed by atoms with Gasteiger partial charge in [-0.15, -0.1) is 0 Å². The zero-order valence-electron chi connectivity index (χ0n) is 10.5. The van der Waals surface area contributed by atoms with Crippen LogP contribution >= 0.6 is 0 Å². The number of ether oxygens (including phenoxy) is 4. The maximum Gasteiger partial charge on any atom is 0.0781 e. The molecule has 0 amide bonds. The third kappa shape index (κ3) is 10.3. The van der Waals surface area contributed by atoms with E-state index in [9.17, 15) is 0 Å². The minimum absolute atomic E-state index is 0.00155. The molecule has 0 aliphatic rings. The summed E-state index contributed by atoms with van der Waals surface area (Å²) in [5.41, 5.74) is 0. The van der Waals surface area contributed by atoms with E-state index < -0.39 is 0 Å². The van der Waals surface area contributed by atoms with Gasteiger partial charge in [-0.2, -0.15) is 0 Å². The largest absolute Gasteiger partial charge is 0.394 e. The zero-order valence-corrected chi connectivity index (χ0v) is 10.5. The summed E-state index contributed by atoms with van der Waals surface area (Å²) in [6.07, 6.45) is 0.0542. The molecule has 0 aliphatic carbocycles. The first-order valence-electron chi connectivity index (χ1n) is 5.61. The molecule has 0 aliphatic heterocycles. The van der Waals surface area contributed by atoms with Gasteiger partial charge in [0.1, 0.15) is 0 Å². The molecule has 1 N–H and O–H groups in total. The summed E-state index contributed by atoms with van der Waals surface area (Å²) in [5.74, 6) is 0. The standard InChI is InChI=1S/C11H24O5/c1-10(15-5-4-12)8-14-9-11(2)16-7-6-13-3/h10-12H,4-9H2,1-3H3. The van der Waals surface area contributed by atoms with Crippen molar-refractivity contribution in [3.05, 3.63) is 0 Å². The second-order valence-corrected chi connectivity index (χ2v) is 3.62. The summed E-state index contributed by atoms with van der Waals surface area (Å²) in [7, 11) is 1.64. The Labute approximate surface area is 97.6 Å². The van der Waals surface area contributed by atoms with E-state index in [1.807, 2.05) is 13.8 Å². The molecule has 0 fully saturated rings. The van der Waals surface area contributed by atoms with Crippen LogP contribution in [0.4, 0.5) is 0 Å². The van der Waals surface area contributed by atoms with Gasteiger partial charge in [0, 0.05) is 7.11 Å². The number of hydrogen-bond donors (Lipinski definition) is 1. The molecule has 0 bridgehead atoms. The molecule has 0 aromatic carbocycles. The Kier molecular flexibility index (Phi) is 11.1. The Bertz CT molecular complexity index is 142. The lowest BCUT2D eigenvalue weighted by Gasteiger charge is -2.16. The summed E-state index contributed by atoms with van der Waals surface area (Å²) in [5, 5.41) is 8.55. The normalized spacial score (nSPS) is 15.0. The lowest BCUT2D eigenvalue weighted by Crippen LogP contribution is -2.23. The monoisotopic (exact) mass is 236 g/mol. The summed E-state index contributed by atoms with van der Waals surface area (Å²) in [6.45, 7) is 6.48. The Hall–Kier alpha value is -0.200. The van der Waals surface area contributed by atoms with Crippen LogP contribution in [0, 0.1) is 0 Å². The van der Waals surface area contributed by atoms with Gasteiger partial charge in [0.05, 0.1) is 51.8 Å². The van der Waals surface area contributed by atoms with Crippen molar-refractivity contribution < 1.29 is 24.1 Å². The molecule has 16 heavy (non-hydrogen) atoms. The molecule has 5 heteroatoms. The first kappa shape index (κ1) is 15.8. The van der Waals surface area contributed by atoms with E-state index in [0.29, 0.717) is 33.0 Å². The topological polar surface area (TPSA) is 57.2 Å². The van der Waals surface area contributed by atoms with E-state index in [4.69, 9.17) is 24.1 Å². The number of aliphatic hydroxyl groups excluding tert-OH is 1. The third-order valence-electron chi connectivity index (χ3n) is 1.89. The molecule has 0 aromatic heterocycles. The molecule has 0 saturated carbocycles. The van der Waals surface area contributed by atoms with E-state index in [1.165, 1.54) is 0 Å². The second kappa shape index (κ2) is 11.3. The van der Waals surface area contributed by atoms with Gasteiger partial charge >= 0.3 is 0 Å². The Morgan fingerprint density at radius 2 is 1.50 bits per heavy atom. The molecule has 2 atom stereocenters. The minimum Gasteiger partial charge on any atom is -0.394 e. The van der Waals surface area contributed by atoms with E-state index in [0.717, 1.165) is 0 Å².